The van der Waals surface area contributed by atoms with Crippen LogP contribution in [0.15, 0.2) is 23.6 Å². The molecule has 0 aliphatic rings. The zero-order chi connectivity index (χ0) is 22.4. The number of amides is 3. The summed E-state index contributed by atoms with van der Waals surface area (Å²) < 4.78 is 0. The lowest BCUT2D eigenvalue weighted by Gasteiger charge is -2.04. The minimum absolute atomic E-state index is 0.0280. The fraction of sp³-hybridized carbons (Fsp3) is 0.250. The van der Waals surface area contributed by atoms with Crippen molar-refractivity contribution in [1.82, 2.24) is 15.3 Å². The molecule has 162 valence electrons. The number of benzene rings is 1. The van der Waals surface area contributed by atoms with E-state index in [2.05, 4.69) is 20.6 Å². The molecule has 0 radical (unpaired) electrons. The Labute approximate surface area is 181 Å². The summed E-state index contributed by atoms with van der Waals surface area (Å²) >= 11 is 1.10. The number of aryl methyl sites for hydroxylation is 1. The SMILES string of the molecule is NCCCc1c(C=O)[nH]c2ccc(C(=O)Nc3nc(C(=O)NCCC(N)=O)cs3)cc12. The van der Waals surface area contributed by atoms with Crippen molar-refractivity contribution < 1.29 is 19.2 Å². The predicted molar refractivity (Wildman–Crippen MR) is 117 cm³/mol. The first-order valence-electron chi connectivity index (χ1n) is 9.56. The number of carbonyl (C=O) groups is 4. The molecule has 2 aromatic heterocycles. The van der Waals surface area contributed by atoms with Crippen molar-refractivity contribution in [2.45, 2.75) is 19.3 Å². The monoisotopic (exact) mass is 442 g/mol. The second-order valence-electron chi connectivity index (χ2n) is 6.75. The molecule has 0 saturated carbocycles. The quantitative estimate of drug-likeness (QED) is 0.295. The van der Waals surface area contributed by atoms with Crippen LogP contribution in [0, 0.1) is 0 Å². The van der Waals surface area contributed by atoms with E-state index in [0.717, 1.165) is 34.1 Å². The maximum absolute atomic E-state index is 12.7. The minimum atomic E-state index is -0.516. The molecule has 31 heavy (non-hydrogen) atoms. The number of nitrogens with two attached hydrogens (primary N) is 2. The van der Waals surface area contributed by atoms with Crippen LogP contribution in [0.3, 0.4) is 0 Å². The Morgan fingerprint density at radius 3 is 2.74 bits per heavy atom. The molecule has 3 rings (SSSR count). The Bertz CT molecular complexity index is 1140. The van der Waals surface area contributed by atoms with Crippen molar-refractivity contribution in [3.05, 3.63) is 46.1 Å². The number of hydrogen-bond donors (Lipinski definition) is 5. The van der Waals surface area contributed by atoms with Crippen LogP contribution in [-0.4, -0.2) is 47.1 Å². The van der Waals surface area contributed by atoms with Crippen LogP contribution >= 0.6 is 11.3 Å². The molecule has 0 bridgehead atoms. The lowest BCUT2D eigenvalue weighted by Crippen LogP contribution is -2.28. The van der Waals surface area contributed by atoms with Gasteiger partial charge in [0.25, 0.3) is 11.8 Å². The summed E-state index contributed by atoms with van der Waals surface area (Å²) in [5.74, 6) is -1.37. The molecule has 0 aliphatic carbocycles. The van der Waals surface area contributed by atoms with E-state index in [9.17, 15) is 19.2 Å². The van der Waals surface area contributed by atoms with Gasteiger partial charge in [-0.25, -0.2) is 4.98 Å². The van der Waals surface area contributed by atoms with E-state index in [0.29, 0.717) is 30.6 Å². The second kappa shape index (κ2) is 9.96. The summed E-state index contributed by atoms with van der Waals surface area (Å²) in [6, 6.07) is 5.09. The number of H-pyrrole nitrogens is 1. The van der Waals surface area contributed by atoms with Crippen molar-refractivity contribution >= 4 is 51.4 Å². The number of aromatic nitrogens is 2. The van der Waals surface area contributed by atoms with Crippen LogP contribution in [0.25, 0.3) is 10.9 Å². The summed E-state index contributed by atoms with van der Waals surface area (Å²) in [5, 5.41) is 7.76. The summed E-state index contributed by atoms with van der Waals surface area (Å²) in [4.78, 5) is 54.0. The standard InChI is InChI=1S/C20H22N6O4S/c21-6-1-2-12-13-8-11(3-4-14(13)24-15(12)9-27)18(29)26-20-25-16(10-31-20)19(30)23-7-5-17(22)28/h3-4,8-10,24H,1-2,5-7,21H2,(H2,22,28)(H,23,30)(H,25,26,29). The van der Waals surface area contributed by atoms with Gasteiger partial charge < -0.3 is 21.8 Å². The molecule has 0 unspecified atom stereocenters. The molecule has 10 nitrogen and oxygen atoms in total. The Kier molecular flexibility index (Phi) is 7.11. The highest BCUT2D eigenvalue weighted by Gasteiger charge is 2.16. The molecule has 3 amide bonds. The van der Waals surface area contributed by atoms with Crippen molar-refractivity contribution in [2.24, 2.45) is 11.5 Å². The maximum Gasteiger partial charge on any atom is 0.270 e. The largest absolute Gasteiger partial charge is 0.370 e. The Morgan fingerprint density at radius 2 is 2.03 bits per heavy atom. The van der Waals surface area contributed by atoms with E-state index >= 15 is 0 Å². The number of hydrogen-bond acceptors (Lipinski definition) is 7. The van der Waals surface area contributed by atoms with Gasteiger partial charge in [-0.1, -0.05) is 0 Å². The number of primary amides is 1. The molecule has 0 fully saturated rings. The van der Waals surface area contributed by atoms with E-state index < -0.39 is 17.7 Å². The number of carbonyl (C=O) groups excluding carboxylic acids is 4. The van der Waals surface area contributed by atoms with E-state index in [1.807, 2.05) is 0 Å². The summed E-state index contributed by atoms with van der Waals surface area (Å²) in [5.41, 5.74) is 13.2. The van der Waals surface area contributed by atoms with Gasteiger partial charge in [0.15, 0.2) is 11.4 Å². The summed E-state index contributed by atoms with van der Waals surface area (Å²) in [6.45, 7) is 0.604. The third-order valence-corrected chi connectivity index (χ3v) is 5.32. The molecule has 7 N–H and O–H groups in total. The highest BCUT2D eigenvalue weighted by Crippen LogP contribution is 2.25. The summed E-state index contributed by atoms with van der Waals surface area (Å²) in [6.07, 6.45) is 2.13. The third kappa shape index (κ3) is 5.32. The van der Waals surface area contributed by atoms with Crippen molar-refractivity contribution in [1.29, 1.82) is 0 Å². The van der Waals surface area contributed by atoms with Gasteiger partial charge in [-0.2, -0.15) is 0 Å². The van der Waals surface area contributed by atoms with E-state index in [4.69, 9.17) is 11.5 Å². The van der Waals surface area contributed by atoms with Gasteiger partial charge in [0.1, 0.15) is 5.69 Å². The fourth-order valence-corrected chi connectivity index (χ4v) is 3.74. The first-order chi connectivity index (χ1) is 14.9. The number of aldehydes is 1. The second-order valence-corrected chi connectivity index (χ2v) is 7.61. The molecular formula is C20H22N6O4S. The van der Waals surface area contributed by atoms with Gasteiger partial charge >= 0.3 is 0 Å². The smallest absolute Gasteiger partial charge is 0.270 e. The average Bonchev–Trinajstić information content (AvgIpc) is 3.35. The molecule has 11 heteroatoms. The number of fused-ring (bicyclic) bond motifs is 1. The van der Waals surface area contributed by atoms with Crippen LogP contribution in [0.1, 0.15) is 49.7 Å². The average molecular weight is 443 g/mol. The van der Waals surface area contributed by atoms with E-state index in [1.54, 1.807) is 18.2 Å². The molecule has 0 spiro atoms. The van der Waals surface area contributed by atoms with Crippen molar-refractivity contribution in [3.63, 3.8) is 0 Å². The third-order valence-electron chi connectivity index (χ3n) is 4.56. The Hall–Kier alpha value is -3.57. The minimum Gasteiger partial charge on any atom is -0.370 e. The topological polar surface area (TPSA) is 173 Å². The molecular weight excluding hydrogens is 420 g/mol. The van der Waals surface area contributed by atoms with E-state index in [-0.39, 0.29) is 23.8 Å². The van der Waals surface area contributed by atoms with Gasteiger partial charge in [-0.05, 0) is 43.1 Å². The van der Waals surface area contributed by atoms with Gasteiger partial charge in [-0.3, -0.25) is 24.5 Å². The normalized spacial score (nSPS) is 10.7. The van der Waals surface area contributed by atoms with Gasteiger partial charge in [-0.15, -0.1) is 11.3 Å². The van der Waals surface area contributed by atoms with Crippen LogP contribution in [0.4, 0.5) is 5.13 Å². The first kappa shape index (κ1) is 22.1. The highest BCUT2D eigenvalue weighted by atomic mass is 32.1. The molecule has 0 saturated heterocycles. The van der Waals surface area contributed by atoms with Crippen molar-refractivity contribution in [3.8, 4) is 0 Å². The zero-order valence-corrected chi connectivity index (χ0v) is 17.4. The van der Waals surface area contributed by atoms with E-state index in [1.165, 1.54) is 5.38 Å². The zero-order valence-electron chi connectivity index (χ0n) is 16.6. The molecule has 0 aliphatic heterocycles. The highest BCUT2D eigenvalue weighted by molar-refractivity contribution is 7.14. The van der Waals surface area contributed by atoms with Crippen LogP contribution < -0.4 is 22.1 Å². The molecule has 1 aromatic carbocycles. The predicted octanol–water partition coefficient (Wildman–Crippen LogP) is 1.19. The molecule has 3 aromatic rings. The fourth-order valence-electron chi connectivity index (χ4n) is 3.05. The van der Waals surface area contributed by atoms with Crippen LogP contribution in [-0.2, 0) is 11.2 Å². The van der Waals surface area contributed by atoms with Gasteiger partial charge in [0.05, 0.1) is 5.69 Å². The number of thiazole rings is 1. The first-order valence-corrected chi connectivity index (χ1v) is 10.4. The number of aromatic amines is 1. The van der Waals surface area contributed by atoms with Crippen molar-refractivity contribution in [2.75, 3.05) is 18.4 Å². The number of anilines is 1. The Balaban J connectivity index is 1.73. The number of nitrogens with zero attached hydrogens (tertiary/aromatic N) is 1. The van der Waals surface area contributed by atoms with Gasteiger partial charge in [0.2, 0.25) is 5.91 Å². The molecule has 0 atom stereocenters. The van der Waals surface area contributed by atoms with Crippen LogP contribution in [0.2, 0.25) is 0 Å². The van der Waals surface area contributed by atoms with Crippen LogP contribution in [0.5, 0.6) is 0 Å². The number of nitrogens with one attached hydrogen (secondary N) is 3. The lowest BCUT2D eigenvalue weighted by molar-refractivity contribution is -0.117. The lowest BCUT2D eigenvalue weighted by atomic mass is 10.0. The Morgan fingerprint density at radius 1 is 1.23 bits per heavy atom. The summed E-state index contributed by atoms with van der Waals surface area (Å²) in [7, 11) is 0. The number of rotatable bonds is 10. The maximum atomic E-state index is 12.7. The molecule has 2 heterocycles. The van der Waals surface area contributed by atoms with Gasteiger partial charge in [0, 0.05) is 34.8 Å².